The molecule has 0 bridgehead atoms. The number of halogens is 1. The van der Waals surface area contributed by atoms with Gasteiger partial charge in [0.2, 0.25) is 0 Å². The smallest absolute Gasteiger partial charge is 0.325 e. The Morgan fingerprint density at radius 2 is 1.63 bits per heavy atom. The highest BCUT2D eigenvalue weighted by Gasteiger charge is 2.33. The van der Waals surface area contributed by atoms with Gasteiger partial charge in [0.25, 0.3) is 11.8 Å². The van der Waals surface area contributed by atoms with Gasteiger partial charge in [0.05, 0.1) is 5.56 Å². The molecule has 0 atom stereocenters. The zero-order valence-corrected chi connectivity index (χ0v) is 16.1. The Bertz CT molecular complexity index is 1020. The normalized spacial score (nSPS) is 13.0. The lowest BCUT2D eigenvalue weighted by Crippen LogP contribution is -2.32. The quantitative estimate of drug-likeness (QED) is 0.386. The Morgan fingerprint density at radius 1 is 1.00 bits per heavy atom. The molecule has 0 spiro atoms. The van der Waals surface area contributed by atoms with Gasteiger partial charge in [-0.2, -0.15) is 0 Å². The summed E-state index contributed by atoms with van der Waals surface area (Å²) in [5, 5.41) is 0.501. The number of hydrogen-bond acceptors (Lipinski definition) is 4. The van der Waals surface area contributed by atoms with Crippen LogP contribution in [0.4, 0.5) is 0 Å². The van der Waals surface area contributed by atoms with Crippen LogP contribution < -0.4 is 0 Å². The molecular formula is C21H12INO4. The van der Waals surface area contributed by atoms with Gasteiger partial charge < -0.3 is 4.84 Å². The summed E-state index contributed by atoms with van der Waals surface area (Å²) in [6.07, 6.45) is 5.45. The molecule has 1 saturated heterocycles. The lowest BCUT2D eigenvalue weighted by Gasteiger charge is -2.13. The Morgan fingerprint density at radius 3 is 2.26 bits per heavy atom. The Labute approximate surface area is 169 Å². The molecule has 1 aliphatic rings. The first kappa shape index (κ1) is 18.7. The first-order chi connectivity index (χ1) is 13.0. The minimum absolute atomic E-state index is 0.0238. The zero-order chi connectivity index (χ0) is 19.4. The number of benzene rings is 2. The van der Waals surface area contributed by atoms with Crippen molar-refractivity contribution in [3.8, 4) is 24.2 Å². The molecule has 27 heavy (non-hydrogen) atoms. The number of amides is 2. The van der Waals surface area contributed by atoms with Crippen molar-refractivity contribution in [1.82, 2.24) is 5.06 Å². The lowest BCUT2D eigenvalue weighted by molar-refractivity contribution is -0.172. The van der Waals surface area contributed by atoms with Gasteiger partial charge in [-0.1, -0.05) is 17.8 Å². The van der Waals surface area contributed by atoms with Crippen molar-refractivity contribution in [2.45, 2.75) is 12.8 Å². The van der Waals surface area contributed by atoms with Gasteiger partial charge in [0.15, 0.2) is 0 Å². The van der Waals surface area contributed by atoms with E-state index in [1.54, 1.807) is 12.1 Å². The van der Waals surface area contributed by atoms with E-state index in [1.807, 2.05) is 24.3 Å². The first-order valence-electron chi connectivity index (χ1n) is 7.94. The van der Waals surface area contributed by atoms with E-state index in [9.17, 15) is 14.4 Å². The van der Waals surface area contributed by atoms with E-state index in [-0.39, 0.29) is 18.4 Å². The molecule has 132 valence electrons. The van der Waals surface area contributed by atoms with Crippen molar-refractivity contribution < 1.29 is 19.2 Å². The van der Waals surface area contributed by atoms with E-state index >= 15 is 0 Å². The van der Waals surface area contributed by atoms with Crippen LogP contribution in [0.1, 0.15) is 39.9 Å². The van der Waals surface area contributed by atoms with Crippen LogP contribution in [-0.2, 0) is 14.4 Å². The predicted octanol–water partition coefficient (Wildman–Crippen LogP) is 2.89. The van der Waals surface area contributed by atoms with Crippen LogP contribution in [0.15, 0.2) is 42.5 Å². The Balaban J connectivity index is 1.93. The number of carbonyl (C=O) groups is 3. The van der Waals surface area contributed by atoms with Crippen LogP contribution in [0.3, 0.4) is 0 Å². The molecule has 0 unspecified atom stereocenters. The molecule has 0 N–H and O–H groups in total. The maximum Gasteiger partial charge on any atom is 0.365 e. The fourth-order valence-electron chi connectivity index (χ4n) is 2.37. The summed E-state index contributed by atoms with van der Waals surface area (Å²) in [6.45, 7) is 0. The van der Waals surface area contributed by atoms with Crippen LogP contribution in [0.2, 0.25) is 0 Å². The predicted molar refractivity (Wildman–Crippen MR) is 106 cm³/mol. The fourth-order valence-corrected chi connectivity index (χ4v) is 2.73. The van der Waals surface area contributed by atoms with Gasteiger partial charge in [0, 0.05) is 33.1 Å². The summed E-state index contributed by atoms with van der Waals surface area (Å²) in [5.74, 6) is 6.37. The number of imide groups is 1. The fraction of sp³-hybridized carbons (Fsp3) is 0.0952. The number of rotatable bonds is 2. The number of terminal acetylenes is 1. The second-order valence-electron chi connectivity index (χ2n) is 5.62. The van der Waals surface area contributed by atoms with Gasteiger partial charge in [-0.15, -0.1) is 11.5 Å². The number of nitrogens with zero attached hydrogens (tertiary/aromatic N) is 1. The molecule has 5 nitrogen and oxygen atoms in total. The Hall–Kier alpha value is -3.10. The number of carbonyl (C=O) groups excluding carboxylic acids is 3. The standard InChI is InChI=1S/C21H12INO4/c1-2-14-3-7-16(8-4-15-5-9-17(22)10-6-15)18(13-14)21(26)27-23-19(24)11-12-20(23)25/h1,3,5-7,9-10,13H,11-12H2. The van der Waals surface area contributed by atoms with E-state index in [1.165, 1.54) is 6.07 Å². The lowest BCUT2D eigenvalue weighted by atomic mass is 10.0. The van der Waals surface area contributed by atoms with E-state index in [2.05, 4.69) is 40.4 Å². The van der Waals surface area contributed by atoms with Crippen LogP contribution in [0.5, 0.6) is 0 Å². The van der Waals surface area contributed by atoms with Crippen molar-refractivity contribution in [2.75, 3.05) is 0 Å². The largest absolute Gasteiger partial charge is 0.365 e. The second-order valence-corrected chi connectivity index (χ2v) is 6.87. The average molecular weight is 469 g/mol. The van der Waals surface area contributed by atoms with E-state index in [4.69, 9.17) is 11.3 Å². The number of hydrogen-bond donors (Lipinski definition) is 0. The molecule has 2 amide bonds. The molecular weight excluding hydrogens is 457 g/mol. The maximum atomic E-state index is 12.5. The SMILES string of the molecule is C#Cc1ccc(C#Cc2ccc(I)cc2)c(C(=O)ON2C(=O)CCC2=O)c1. The molecule has 1 heterocycles. The third kappa shape index (κ3) is 4.36. The van der Waals surface area contributed by atoms with Crippen molar-refractivity contribution in [3.05, 3.63) is 68.3 Å². The van der Waals surface area contributed by atoms with Gasteiger partial charge in [-0.25, -0.2) is 4.79 Å². The summed E-state index contributed by atoms with van der Waals surface area (Å²) in [5.41, 5.74) is 1.72. The van der Waals surface area contributed by atoms with E-state index in [0.717, 1.165) is 9.13 Å². The summed E-state index contributed by atoms with van der Waals surface area (Å²) in [4.78, 5) is 40.8. The Kier molecular flexibility index (Phi) is 5.58. The number of hydroxylamine groups is 2. The molecule has 2 aromatic rings. The van der Waals surface area contributed by atoms with Crippen molar-refractivity contribution in [2.24, 2.45) is 0 Å². The molecule has 0 saturated carbocycles. The monoisotopic (exact) mass is 469 g/mol. The third-order valence-corrected chi connectivity index (χ3v) is 4.49. The molecule has 0 aromatic heterocycles. The highest BCUT2D eigenvalue weighted by atomic mass is 127. The van der Waals surface area contributed by atoms with Gasteiger partial charge in [0.1, 0.15) is 0 Å². The van der Waals surface area contributed by atoms with Crippen LogP contribution in [0, 0.1) is 27.8 Å². The summed E-state index contributed by atoms with van der Waals surface area (Å²) in [6, 6.07) is 12.3. The molecule has 1 aliphatic heterocycles. The average Bonchev–Trinajstić information content (AvgIpc) is 2.99. The summed E-state index contributed by atoms with van der Waals surface area (Å²) < 4.78 is 1.08. The minimum atomic E-state index is -0.859. The topological polar surface area (TPSA) is 63.7 Å². The van der Waals surface area contributed by atoms with E-state index < -0.39 is 17.8 Å². The first-order valence-corrected chi connectivity index (χ1v) is 9.02. The van der Waals surface area contributed by atoms with Crippen LogP contribution in [0.25, 0.3) is 0 Å². The molecule has 1 fully saturated rings. The molecule has 0 aliphatic carbocycles. The summed E-state index contributed by atoms with van der Waals surface area (Å²) in [7, 11) is 0. The molecule has 2 aromatic carbocycles. The van der Waals surface area contributed by atoms with Crippen molar-refractivity contribution in [1.29, 1.82) is 0 Å². The van der Waals surface area contributed by atoms with Crippen molar-refractivity contribution >= 4 is 40.4 Å². The van der Waals surface area contributed by atoms with Gasteiger partial charge in [-0.05, 0) is 65.1 Å². The van der Waals surface area contributed by atoms with Crippen LogP contribution >= 0.6 is 22.6 Å². The summed E-state index contributed by atoms with van der Waals surface area (Å²) >= 11 is 2.20. The second kappa shape index (κ2) is 8.07. The highest BCUT2D eigenvalue weighted by Crippen LogP contribution is 2.17. The minimum Gasteiger partial charge on any atom is -0.325 e. The maximum absolute atomic E-state index is 12.5. The third-order valence-electron chi connectivity index (χ3n) is 3.77. The zero-order valence-electron chi connectivity index (χ0n) is 14.0. The molecule has 3 rings (SSSR count). The van der Waals surface area contributed by atoms with Crippen LogP contribution in [-0.4, -0.2) is 22.8 Å². The van der Waals surface area contributed by atoms with Gasteiger partial charge >= 0.3 is 5.97 Å². The molecule has 6 heteroatoms. The van der Waals surface area contributed by atoms with E-state index in [0.29, 0.717) is 16.2 Å². The molecule has 0 radical (unpaired) electrons. The van der Waals surface area contributed by atoms with Gasteiger partial charge in [-0.3, -0.25) is 9.59 Å². The highest BCUT2D eigenvalue weighted by molar-refractivity contribution is 14.1. The van der Waals surface area contributed by atoms with Crippen molar-refractivity contribution in [3.63, 3.8) is 0 Å².